The number of carbonyl (C=O) groups is 1. The zero-order valence-electron chi connectivity index (χ0n) is 12.1. The van der Waals surface area contributed by atoms with Crippen LogP contribution in [0.3, 0.4) is 0 Å². The minimum Gasteiger partial charge on any atom is -0.353 e. The van der Waals surface area contributed by atoms with Crippen LogP contribution in [0.1, 0.15) is 12.8 Å². The van der Waals surface area contributed by atoms with Gasteiger partial charge in [0.2, 0.25) is 5.91 Å². The fourth-order valence-corrected chi connectivity index (χ4v) is 3.83. The van der Waals surface area contributed by atoms with E-state index in [-0.39, 0.29) is 11.9 Å². The van der Waals surface area contributed by atoms with E-state index >= 15 is 0 Å². The summed E-state index contributed by atoms with van der Waals surface area (Å²) in [5, 5.41) is 6.22. The molecule has 1 aliphatic heterocycles. The van der Waals surface area contributed by atoms with Crippen molar-refractivity contribution in [2.45, 2.75) is 23.8 Å². The van der Waals surface area contributed by atoms with Crippen LogP contribution in [0, 0.1) is 0 Å². The Kier molecular flexibility index (Phi) is 5.29. The first-order valence-electron chi connectivity index (χ1n) is 7.28. The number of pyridine rings is 1. The molecule has 7 heteroatoms. The molecule has 1 amide bonds. The molecule has 3 heterocycles. The number of nitrogens with zero attached hydrogens (tertiary/aromatic N) is 3. The molecular weight excluding hydrogens is 316 g/mol. The SMILES string of the molecule is O=C(CSc1ccncc1)NC1CCN(c2nccs2)CC1. The predicted octanol–water partition coefficient (Wildman–Crippen LogP) is 2.42. The van der Waals surface area contributed by atoms with Gasteiger partial charge >= 0.3 is 0 Å². The Morgan fingerprint density at radius 3 is 2.77 bits per heavy atom. The quantitative estimate of drug-likeness (QED) is 0.851. The molecule has 2 aromatic rings. The summed E-state index contributed by atoms with van der Waals surface area (Å²) in [6.45, 7) is 1.91. The Balaban J connectivity index is 1.40. The Labute approximate surface area is 138 Å². The van der Waals surface area contributed by atoms with Crippen LogP contribution >= 0.6 is 23.1 Å². The molecular formula is C15H18N4OS2. The molecule has 0 bridgehead atoms. The van der Waals surface area contributed by atoms with Crippen LogP contribution in [0.15, 0.2) is 41.0 Å². The Bertz CT molecular complexity index is 583. The molecule has 1 fully saturated rings. The Morgan fingerprint density at radius 2 is 2.09 bits per heavy atom. The molecule has 0 atom stereocenters. The van der Waals surface area contributed by atoms with Gasteiger partial charge in [0.05, 0.1) is 5.75 Å². The number of thioether (sulfide) groups is 1. The molecule has 116 valence electrons. The lowest BCUT2D eigenvalue weighted by atomic mass is 10.1. The molecule has 0 radical (unpaired) electrons. The summed E-state index contributed by atoms with van der Waals surface area (Å²) >= 11 is 3.21. The van der Waals surface area contributed by atoms with Gasteiger partial charge in [-0.15, -0.1) is 23.1 Å². The first kappa shape index (κ1) is 15.3. The lowest BCUT2D eigenvalue weighted by molar-refractivity contribution is -0.119. The average Bonchev–Trinajstić information content (AvgIpc) is 3.09. The number of rotatable bonds is 5. The van der Waals surface area contributed by atoms with E-state index in [9.17, 15) is 4.79 Å². The summed E-state index contributed by atoms with van der Waals surface area (Å²) in [5.41, 5.74) is 0. The molecule has 3 rings (SSSR count). The molecule has 22 heavy (non-hydrogen) atoms. The van der Waals surface area contributed by atoms with Crippen molar-refractivity contribution in [3.05, 3.63) is 36.1 Å². The highest BCUT2D eigenvalue weighted by atomic mass is 32.2. The lowest BCUT2D eigenvalue weighted by Crippen LogP contribution is -2.45. The van der Waals surface area contributed by atoms with Gasteiger partial charge in [-0.25, -0.2) is 4.98 Å². The molecule has 0 saturated carbocycles. The van der Waals surface area contributed by atoms with Crippen LogP contribution in [0.2, 0.25) is 0 Å². The van der Waals surface area contributed by atoms with Crippen LogP contribution in [-0.4, -0.2) is 40.8 Å². The second kappa shape index (κ2) is 7.60. The summed E-state index contributed by atoms with van der Waals surface area (Å²) in [5.74, 6) is 0.561. The second-order valence-electron chi connectivity index (χ2n) is 5.12. The molecule has 0 spiro atoms. The Hall–Kier alpha value is -1.60. The number of amides is 1. The Morgan fingerprint density at radius 1 is 1.32 bits per heavy atom. The van der Waals surface area contributed by atoms with Crippen molar-refractivity contribution in [2.24, 2.45) is 0 Å². The molecule has 1 aliphatic rings. The maximum absolute atomic E-state index is 12.0. The van der Waals surface area contributed by atoms with Crippen LogP contribution < -0.4 is 10.2 Å². The number of anilines is 1. The molecule has 1 saturated heterocycles. The fraction of sp³-hybridized carbons (Fsp3) is 0.400. The zero-order chi connectivity index (χ0) is 15.2. The highest BCUT2D eigenvalue weighted by Gasteiger charge is 2.21. The van der Waals surface area contributed by atoms with Crippen LogP contribution in [0.25, 0.3) is 0 Å². The summed E-state index contributed by atoms with van der Waals surface area (Å²) in [4.78, 5) is 23.7. The first-order valence-corrected chi connectivity index (χ1v) is 9.14. The van der Waals surface area contributed by atoms with Crippen molar-refractivity contribution in [3.63, 3.8) is 0 Å². The van der Waals surface area contributed by atoms with E-state index in [0.717, 1.165) is 36.0 Å². The van der Waals surface area contributed by atoms with Crippen molar-refractivity contribution in [3.8, 4) is 0 Å². The number of hydrogen-bond acceptors (Lipinski definition) is 6. The maximum atomic E-state index is 12.0. The normalized spacial score (nSPS) is 15.7. The van der Waals surface area contributed by atoms with E-state index in [2.05, 4.69) is 20.2 Å². The third-order valence-corrected chi connectivity index (χ3v) is 5.41. The van der Waals surface area contributed by atoms with Gasteiger partial charge in [-0.2, -0.15) is 0 Å². The molecule has 0 aliphatic carbocycles. The fourth-order valence-electron chi connectivity index (χ4n) is 2.44. The smallest absolute Gasteiger partial charge is 0.230 e. The standard InChI is InChI=1S/C15H18N4OS2/c20-14(11-22-13-1-5-16-6-2-13)18-12-3-8-19(9-4-12)15-17-7-10-21-15/h1-2,5-7,10,12H,3-4,8-9,11H2,(H,18,20). The molecule has 0 aromatic carbocycles. The van der Waals surface area contributed by atoms with Gasteiger partial charge in [0, 0.05) is 48.0 Å². The van der Waals surface area contributed by atoms with Crippen molar-refractivity contribution in [1.82, 2.24) is 15.3 Å². The number of hydrogen-bond donors (Lipinski definition) is 1. The van der Waals surface area contributed by atoms with Gasteiger partial charge in [-0.05, 0) is 25.0 Å². The monoisotopic (exact) mass is 334 g/mol. The van der Waals surface area contributed by atoms with Gasteiger partial charge in [-0.1, -0.05) is 0 Å². The van der Waals surface area contributed by atoms with Crippen LogP contribution in [-0.2, 0) is 4.79 Å². The van der Waals surface area contributed by atoms with E-state index in [1.807, 2.05) is 23.7 Å². The van der Waals surface area contributed by atoms with Crippen molar-refractivity contribution < 1.29 is 4.79 Å². The van der Waals surface area contributed by atoms with Crippen molar-refractivity contribution in [1.29, 1.82) is 0 Å². The summed E-state index contributed by atoms with van der Waals surface area (Å²) in [6.07, 6.45) is 7.28. The number of aromatic nitrogens is 2. The molecule has 0 unspecified atom stereocenters. The molecule has 2 aromatic heterocycles. The summed E-state index contributed by atoms with van der Waals surface area (Å²) in [6, 6.07) is 4.12. The van der Waals surface area contributed by atoms with E-state index in [0.29, 0.717) is 5.75 Å². The number of piperidine rings is 1. The van der Waals surface area contributed by atoms with Gasteiger partial charge in [-0.3, -0.25) is 9.78 Å². The van der Waals surface area contributed by atoms with E-state index in [1.165, 1.54) is 0 Å². The minimum atomic E-state index is 0.106. The van der Waals surface area contributed by atoms with Gasteiger partial charge in [0.15, 0.2) is 5.13 Å². The maximum Gasteiger partial charge on any atom is 0.230 e. The van der Waals surface area contributed by atoms with Gasteiger partial charge in [0.1, 0.15) is 0 Å². The number of nitrogens with one attached hydrogen (secondary N) is 1. The second-order valence-corrected chi connectivity index (χ2v) is 7.04. The summed E-state index contributed by atoms with van der Waals surface area (Å²) in [7, 11) is 0. The van der Waals surface area contributed by atoms with Crippen LogP contribution in [0.4, 0.5) is 5.13 Å². The van der Waals surface area contributed by atoms with Gasteiger partial charge < -0.3 is 10.2 Å². The third kappa shape index (κ3) is 4.20. The van der Waals surface area contributed by atoms with Gasteiger partial charge in [0.25, 0.3) is 0 Å². The van der Waals surface area contributed by atoms with E-state index in [4.69, 9.17) is 0 Å². The highest BCUT2D eigenvalue weighted by Crippen LogP contribution is 2.22. The van der Waals surface area contributed by atoms with Crippen LogP contribution in [0.5, 0.6) is 0 Å². The van der Waals surface area contributed by atoms with E-state index < -0.39 is 0 Å². The molecule has 5 nitrogen and oxygen atoms in total. The number of thiazole rings is 1. The third-order valence-electron chi connectivity index (χ3n) is 3.57. The first-order chi connectivity index (χ1) is 10.8. The highest BCUT2D eigenvalue weighted by molar-refractivity contribution is 8.00. The average molecular weight is 334 g/mol. The van der Waals surface area contributed by atoms with E-state index in [1.54, 1.807) is 35.5 Å². The van der Waals surface area contributed by atoms with Crippen molar-refractivity contribution in [2.75, 3.05) is 23.7 Å². The zero-order valence-corrected chi connectivity index (χ0v) is 13.8. The minimum absolute atomic E-state index is 0.106. The largest absolute Gasteiger partial charge is 0.353 e. The topological polar surface area (TPSA) is 58.1 Å². The predicted molar refractivity (Wildman–Crippen MR) is 90.5 cm³/mol. The lowest BCUT2D eigenvalue weighted by Gasteiger charge is -2.32. The number of carbonyl (C=O) groups excluding carboxylic acids is 1. The summed E-state index contributed by atoms with van der Waals surface area (Å²) < 4.78 is 0. The molecule has 1 N–H and O–H groups in total. The van der Waals surface area contributed by atoms with Crippen molar-refractivity contribution >= 4 is 34.1 Å².